The van der Waals surface area contributed by atoms with E-state index in [1.165, 1.54) is 39.1 Å². The van der Waals surface area contributed by atoms with Crippen LogP contribution < -0.4 is 4.74 Å². The molecule has 0 bridgehead atoms. The molecule has 2 aromatic heterocycles. The molecule has 2 atom stereocenters. The third-order valence-electron chi connectivity index (χ3n) is 8.42. The number of hydrogen-bond donors (Lipinski definition) is 1. The number of aromatic amines is 1. The third kappa shape index (κ3) is 5.31. The van der Waals surface area contributed by atoms with Gasteiger partial charge in [0.1, 0.15) is 17.9 Å². The van der Waals surface area contributed by atoms with Crippen molar-refractivity contribution in [2.75, 3.05) is 6.61 Å². The Labute approximate surface area is 230 Å². The van der Waals surface area contributed by atoms with Crippen LogP contribution in [0.5, 0.6) is 5.75 Å². The lowest BCUT2D eigenvalue weighted by atomic mass is 9.81. The number of nitrogens with one attached hydrogen (secondary N) is 1. The van der Waals surface area contributed by atoms with Crippen LogP contribution in [0.4, 0.5) is 0 Å². The summed E-state index contributed by atoms with van der Waals surface area (Å²) in [5.41, 5.74) is 12.0. The van der Waals surface area contributed by atoms with Gasteiger partial charge < -0.3 is 9.72 Å². The summed E-state index contributed by atoms with van der Waals surface area (Å²) in [6.45, 7) is 9.40. The molecule has 1 N–H and O–H groups in total. The molecule has 1 aliphatic heterocycles. The zero-order valence-corrected chi connectivity index (χ0v) is 23.3. The highest BCUT2D eigenvalue weighted by molar-refractivity contribution is 5.82. The number of H-pyrrole nitrogens is 1. The molecule has 6 rings (SSSR count). The van der Waals surface area contributed by atoms with E-state index >= 15 is 0 Å². The molecule has 39 heavy (non-hydrogen) atoms. The Morgan fingerprint density at radius 3 is 2.64 bits per heavy atom. The number of ether oxygens (including phenoxy) is 1. The van der Waals surface area contributed by atoms with Gasteiger partial charge >= 0.3 is 0 Å². The van der Waals surface area contributed by atoms with Crippen LogP contribution in [-0.2, 0) is 19.3 Å². The van der Waals surface area contributed by atoms with Crippen molar-refractivity contribution < 1.29 is 4.74 Å². The molecule has 198 valence electrons. The summed E-state index contributed by atoms with van der Waals surface area (Å²) in [4.78, 5) is 17.3. The summed E-state index contributed by atoms with van der Waals surface area (Å²) in [7, 11) is 0. The third-order valence-corrected chi connectivity index (χ3v) is 8.42. The van der Waals surface area contributed by atoms with Gasteiger partial charge in [0.05, 0.1) is 17.6 Å². The number of imidazole rings is 1. The molecule has 0 radical (unpaired) electrons. The standard InChI is InChI=1S/C34H36N4O/c1-21-7-5-6-8-25(21)17-30-23(3)35-20-36-32(30)18-26-13-14-39-34-12-10-27(16-29(34)15-22(26)2)28-9-11-31-33(19-28)38-24(4)37-31/h5-12,16,19-20,22,26H,13-15,17-18H2,1-4H3,(H,37,38). The van der Waals surface area contributed by atoms with E-state index in [1.807, 2.05) is 6.92 Å². The van der Waals surface area contributed by atoms with Gasteiger partial charge in [-0.05, 0) is 110 Å². The van der Waals surface area contributed by atoms with E-state index in [9.17, 15) is 0 Å². The number of nitrogens with zero attached hydrogens (tertiary/aromatic N) is 3. The first-order valence-electron chi connectivity index (χ1n) is 14.0. The summed E-state index contributed by atoms with van der Waals surface area (Å²) in [5, 5.41) is 0. The second-order valence-electron chi connectivity index (χ2n) is 11.1. The van der Waals surface area contributed by atoms with E-state index in [4.69, 9.17) is 9.72 Å². The smallest absolute Gasteiger partial charge is 0.122 e. The maximum Gasteiger partial charge on any atom is 0.122 e. The lowest BCUT2D eigenvalue weighted by molar-refractivity contribution is 0.220. The van der Waals surface area contributed by atoms with Gasteiger partial charge in [0.2, 0.25) is 0 Å². The fourth-order valence-corrected chi connectivity index (χ4v) is 6.00. The summed E-state index contributed by atoms with van der Waals surface area (Å²) < 4.78 is 6.33. The minimum absolute atomic E-state index is 0.482. The number of benzene rings is 3. The van der Waals surface area contributed by atoms with E-state index in [1.54, 1.807) is 6.33 Å². The fourth-order valence-electron chi connectivity index (χ4n) is 6.00. The lowest BCUT2D eigenvalue weighted by Crippen LogP contribution is -2.24. The average Bonchev–Trinajstić information content (AvgIpc) is 3.30. The quantitative estimate of drug-likeness (QED) is 0.265. The predicted octanol–water partition coefficient (Wildman–Crippen LogP) is 7.36. The van der Waals surface area contributed by atoms with Crippen molar-refractivity contribution in [2.45, 2.75) is 53.4 Å². The highest BCUT2D eigenvalue weighted by Gasteiger charge is 2.25. The SMILES string of the molecule is Cc1nc2ccc(-c3ccc4c(c3)CC(C)C(Cc3ncnc(C)c3Cc3ccccc3C)CCO4)cc2[nH]1. The molecule has 0 fully saturated rings. The van der Waals surface area contributed by atoms with Crippen molar-refractivity contribution >= 4 is 11.0 Å². The van der Waals surface area contributed by atoms with E-state index < -0.39 is 0 Å². The Balaban J connectivity index is 1.25. The molecule has 1 aliphatic rings. The van der Waals surface area contributed by atoms with Gasteiger partial charge in [0.15, 0.2) is 0 Å². The minimum Gasteiger partial charge on any atom is -0.493 e. The van der Waals surface area contributed by atoms with E-state index in [0.29, 0.717) is 11.8 Å². The molecule has 5 aromatic rings. The average molecular weight is 517 g/mol. The highest BCUT2D eigenvalue weighted by atomic mass is 16.5. The molecule has 2 unspecified atom stereocenters. The van der Waals surface area contributed by atoms with E-state index in [-0.39, 0.29) is 0 Å². The van der Waals surface area contributed by atoms with Gasteiger partial charge in [0.25, 0.3) is 0 Å². The predicted molar refractivity (Wildman–Crippen MR) is 157 cm³/mol. The van der Waals surface area contributed by atoms with Gasteiger partial charge in [-0.25, -0.2) is 15.0 Å². The normalized spacial score (nSPS) is 17.3. The van der Waals surface area contributed by atoms with Crippen molar-refractivity contribution in [3.8, 4) is 16.9 Å². The number of aryl methyl sites for hydroxylation is 3. The second kappa shape index (κ2) is 10.6. The summed E-state index contributed by atoms with van der Waals surface area (Å²) >= 11 is 0. The molecule has 5 nitrogen and oxygen atoms in total. The molecular weight excluding hydrogens is 480 g/mol. The number of aromatic nitrogens is 4. The van der Waals surface area contributed by atoms with Crippen LogP contribution in [0, 0.1) is 32.6 Å². The molecule has 0 amide bonds. The summed E-state index contributed by atoms with van der Waals surface area (Å²) in [6, 6.07) is 21.7. The van der Waals surface area contributed by atoms with Crippen LogP contribution in [0.15, 0.2) is 67.0 Å². The molecule has 3 heterocycles. The maximum absolute atomic E-state index is 6.33. The molecule has 0 aliphatic carbocycles. The zero-order valence-electron chi connectivity index (χ0n) is 23.3. The molecule has 0 saturated carbocycles. The van der Waals surface area contributed by atoms with Crippen LogP contribution in [0.25, 0.3) is 22.2 Å². The Bertz CT molecular complexity index is 1640. The lowest BCUT2D eigenvalue weighted by Gasteiger charge is -2.29. The van der Waals surface area contributed by atoms with Crippen molar-refractivity contribution in [3.63, 3.8) is 0 Å². The van der Waals surface area contributed by atoms with Crippen LogP contribution in [0.1, 0.15) is 52.8 Å². The van der Waals surface area contributed by atoms with Gasteiger partial charge in [-0.15, -0.1) is 0 Å². The number of rotatable bonds is 5. The zero-order chi connectivity index (χ0) is 26.9. The Morgan fingerprint density at radius 2 is 1.77 bits per heavy atom. The van der Waals surface area contributed by atoms with Gasteiger partial charge in [-0.3, -0.25) is 0 Å². The summed E-state index contributed by atoms with van der Waals surface area (Å²) in [6.07, 6.45) is 5.55. The first kappa shape index (κ1) is 25.3. The topological polar surface area (TPSA) is 63.7 Å². The van der Waals surface area contributed by atoms with E-state index in [2.05, 4.69) is 96.4 Å². The van der Waals surface area contributed by atoms with Crippen LogP contribution in [0.2, 0.25) is 0 Å². The highest BCUT2D eigenvalue weighted by Crippen LogP contribution is 2.35. The molecule has 5 heteroatoms. The van der Waals surface area contributed by atoms with Crippen molar-refractivity contribution in [3.05, 3.63) is 106 Å². The largest absolute Gasteiger partial charge is 0.493 e. The number of fused-ring (bicyclic) bond motifs is 2. The first-order chi connectivity index (χ1) is 18.9. The Hall–Kier alpha value is -3.99. The maximum atomic E-state index is 6.33. The Kier molecular flexibility index (Phi) is 6.90. The van der Waals surface area contributed by atoms with Crippen molar-refractivity contribution in [1.82, 2.24) is 19.9 Å². The summed E-state index contributed by atoms with van der Waals surface area (Å²) in [5.74, 6) is 2.94. The second-order valence-corrected chi connectivity index (χ2v) is 11.1. The van der Waals surface area contributed by atoms with Crippen LogP contribution >= 0.6 is 0 Å². The van der Waals surface area contributed by atoms with Crippen molar-refractivity contribution in [1.29, 1.82) is 0 Å². The van der Waals surface area contributed by atoms with Crippen molar-refractivity contribution in [2.24, 2.45) is 11.8 Å². The first-order valence-corrected chi connectivity index (χ1v) is 14.0. The van der Waals surface area contributed by atoms with Crippen LogP contribution in [0.3, 0.4) is 0 Å². The van der Waals surface area contributed by atoms with E-state index in [0.717, 1.165) is 60.6 Å². The fraction of sp³-hybridized carbons (Fsp3) is 0.324. The van der Waals surface area contributed by atoms with Crippen LogP contribution in [-0.4, -0.2) is 26.5 Å². The van der Waals surface area contributed by atoms with Gasteiger partial charge in [-0.1, -0.05) is 43.3 Å². The monoisotopic (exact) mass is 516 g/mol. The van der Waals surface area contributed by atoms with Gasteiger partial charge in [0, 0.05) is 17.8 Å². The number of hydrogen-bond acceptors (Lipinski definition) is 4. The molecule has 3 aromatic carbocycles. The minimum atomic E-state index is 0.482. The Morgan fingerprint density at radius 1 is 0.949 bits per heavy atom. The molecular formula is C34H36N4O. The van der Waals surface area contributed by atoms with Gasteiger partial charge in [-0.2, -0.15) is 0 Å². The molecule has 0 spiro atoms. The molecule has 0 saturated heterocycles.